The van der Waals surface area contributed by atoms with Crippen LogP contribution in [0.1, 0.15) is 24.5 Å². The lowest BCUT2D eigenvalue weighted by Gasteiger charge is -2.11. The Hall–Kier alpha value is -2.18. The average Bonchev–Trinajstić information content (AvgIpc) is 2.77. The topological polar surface area (TPSA) is 105 Å². The third-order valence-corrected chi connectivity index (χ3v) is 2.24. The van der Waals surface area contributed by atoms with Gasteiger partial charge in [-0.3, -0.25) is 0 Å². The summed E-state index contributed by atoms with van der Waals surface area (Å²) in [5.74, 6) is 1.33. The molecule has 0 spiro atoms. The molecule has 2 aromatic heterocycles. The number of hydrogen-bond donors (Lipinski definition) is 3. The Bertz CT molecular complexity index is 465. The van der Waals surface area contributed by atoms with Crippen LogP contribution < -0.4 is 11.1 Å². The van der Waals surface area contributed by atoms with Gasteiger partial charge in [0.1, 0.15) is 5.82 Å². The maximum Gasteiger partial charge on any atom is 0.196 e. The maximum absolute atomic E-state index is 5.68. The molecule has 1 atom stereocenters. The predicted molar refractivity (Wildman–Crippen MR) is 59.6 cm³/mol. The Morgan fingerprint density at radius 3 is 2.88 bits per heavy atom. The Morgan fingerprint density at radius 2 is 2.25 bits per heavy atom. The van der Waals surface area contributed by atoms with Crippen LogP contribution in [0.2, 0.25) is 0 Å². The standard InChI is InChI=1S/C9H13N7/c1-5-7(10)3-4-8(11-5)12-6(2)9-13-15-16-14-9/h3-4,6H,10H2,1-2H3,(H,11,12)(H,13,14,15,16). The second kappa shape index (κ2) is 4.13. The number of rotatable bonds is 3. The molecule has 0 fully saturated rings. The molecule has 1 unspecified atom stereocenters. The summed E-state index contributed by atoms with van der Waals surface area (Å²) < 4.78 is 0. The van der Waals surface area contributed by atoms with Crippen LogP contribution in [0, 0.1) is 6.92 Å². The minimum absolute atomic E-state index is 0.0609. The Kier molecular flexibility index (Phi) is 2.67. The van der Waals surface area contributed by atoms with Gasteiger partial charge in [-0.05, 0) is 26.0 Å². The summed E-state index contributed by atoms with van der Waals surface area (Å²) in [6, 6.07) is 3.57. The highest BCUT2D eigenvalue weighted by Crippen LogP contribution is 2.16. The molecule has 0 aliphatic rings. The monoisotopic (exact) mass is 219 g/mol. The van der Waals surface area contributed by atoms with Crippen molar-refractivity contribution in [1.82, 2.24) is 25.6 Å². The molecule has 84 valence electrons. The molecule has 7 heteroatoms. The molecule has 2 heterocycles. The highest BCUT2D eigenvalue weighted by Gasteiger charge is 2.10. The zero-order valence-electron chi connectivity index (χ0n) is 9.10. The van der Waals surface area contributed by atoms with E-state index in [1.54, 1.807) is 0 Å². The van der Waals surface area contributed by atoms with Crippen LogP contribution in [0.25, 0.3) is 0 Å². The first kappa shape index (κ1) is 10.3. The van der Waals surface area contributed by atoms with Crippen LogP contribution >= 0.6 is 0 Å². The van der Waals surface area contributed by atoms with Crippen LogP contribution in [0.4, 0.5) is 11.5 Å². The van der Waals surface area contributed by atoms with E-state index < -0.39 is 0 Å². The van der Waals surface area contributed by atoms with Gasteiger partial charge in [-0.25, -0.2) is 4.98 Å². The third-order valence-electron chi connectivity index (χ3n) is 2.24. The maximum atomic E-state index is 5.68. The second-order valence-corrected chi connectivity index (χ2v) is 3.51. The first-order valence-corrected chi connectivity index (χ1v) is 4.90. The number of tetrazole rings is 1. The van der Waals surface area contributed by atoms with Crippen molar-refractivity contribution in [2.45, 2.75) is 19.9 Å². The molecule has 4 N–H and O–H groups in total. The molecule has 0 radical (unpaired) electrons. The van der Waals surface area contributed by atoms with Crippen molar-refractivity contribution in [3.63, 3.8) is 0 Å². The lowest BCUT2D eigenvalue weighted by Crippen LogP contribution is -2.10. The van der Waals surface area contributed by atoms with Gasteiger partial charge < -0.3 is 11.1 Å². The van der Waals surface area contributed by atoms with Crippen molar-refractivity contribution in [2.75, 3.05) is 11.1 Å². The van der Waals surface area contributed by atoms with E-state index in [9.17, 15) is 0 Å². The summed E-state index contributed by atoms with van der Waals surface area (Å²) in [5, 5.41) is 16.8. The van der Waals surface area contributed by atoms with E-state index in [1.165, 1.54) is 0 Å². The number of pyridine rings is 1. The smallest absolute Gasteiger partial charge is 0.196 e. The van der Waals surface area contributed by atoms with Crippen LogP contribution in [-0.2, 0) is 0 Å². The normalized spacial score (nSPS) is 12.4. The van der Waals surface area contributed by atoms with E-state index in [2.05, 4.69) is 30.9 Å². The van der Waals surface area contributed by atoms with E-state index in [1.807, 2.05) is 26.0 Å². The molecule has 0 aliphatic heterocycles. The Morgan fingerprint density at radius 1 is 1.44 bits per heavy atom. The molecule has 16 heavy (non-hydrogen) atoms. The van der Waals surface area contributed by atoms with Crippen molar-refractivity contribution < 1.29 is 0 Å². The molecule has 0 saturated heterocycles. The zero-order valence-corrected chi connectivity index (χ0v) is 9.10. The number of H-pyrrole nitrogens is 1. The van der Waals surface area contributed by atoms with E-state index in [0.717, 1.165) is 11.5 Å². The van der Waals surface area contributed by atoms with Crippen LogP contribution in [0.3, 0.4) is 0 Å². The summed E-state index contributed by atoms with van der Waals surface area (Å²) in [7, 11) is 0. The molecule has 0 saturated carbocycles. The molecule has 2 rings (SSSR count). The van der Waals surface area contributed by atoms with Gasteiger partial charge in [0, 0.05) is 0 Å². The summed E-state index contributed by atoms with van der Waals surface area (Å²) in [5.41, 5.74) is 7.16. The number of nitrogens with one attached hydrogen (secondary N) is 2. The molecule has 7 nitrogen and oxygen atoms in total. The lowest BCUT2D eigenvalue weighted by atomic mass is 10.3. The summed E-state index contributed by atoms with van der Waals surface area (Å²) in [6.45, 7) is 3.79. The van der Waals surface area contributed by atoms with Gasteiger partial charge in [0.15, 0.2) is 5.82 Å². The second-order valence-electron chi connectivity index (χ2n) is 3.51. The van der Waals surface area contributed by atoms with Crippen molar-refractivity contribution in [2.24, 2.45) is 0 Å². The number of nitrogen functional groups attached to an aromatic ring is 1. The van der Waals surface area contributed by atoms with E-state index >= 15 is 0 Å². The van der Waals surface area contributed by atoms with E-state index in [-0.39, 0.29) is 6.04 Å². The first-order chi connectivity index (χ1) is 7.66. The fraction of sp³-hybridized carbons (Fsp3) is 0.333. The Balaban J connectivity index is 2.12. The van der Waals surface area contributed by atoms with Crippen molar-refractivity contribution in [1.29, 1.82) is 0 Å². The fourth-order valence-corrected chi connectivity index (χ4v) is 1.29. The minimum Gasteiger partial charge on any atom is -0.397 e. The molecule has 0 bridgehead atoms. The lowest BCUT2D eigenvalue weighted by molar-refractivity contribution is 0.787. The third kappa shape index (κ3) is 2.08. The number of anilines is 2. The summed E-state index contributed by atoms with van der Waals surface area (Å²) >= 11 is 0. The summed E-state index contributed by atoms with van der Waals surface area (Å²) in [4.78, 5) is 4.30. The van der Waals surface area contributed by atoms with Gasteiger partial charge in [-0.15, -0.1) is 10.2 Å². The number of nitrogens with two attached hydrogens (primary N) is 1. The number of aromatic amines is 1. The quantitative estimate of drug-likeness (QED) is 0.700. The van der Waals surface area contributed by atoms with Gasteiger partial charge >= 0.3 is 0 Å². The number of aromatic nitrogens is 5. The number of aryl methyl sites for hydroxylation is 1. The largest absolute Gasteiger partial charge is 0.397 e. The van der Waals surface area contributed by atoms with E-state index in [0.29, 0.717) is 11.5 Å². The van der Waals surface area contributed by atoms with Gasteiger partial charge in [-0.1, -0.05) is 5.21 Å². The first-order valence-electron chi connectivity index (χ1n) is 4.90. The van der Waals surface area contributed by atoms with Gasteiger partial charge in [0.2, 0.25) is 0 Å². The van der Waals surface area contributed by atoms with Gasteiger partial charge in [0.05, 0.1) is 17.4 Å². The van der Waals surface area contributed by atoms with Crippen LogP contribution in [0.15, 0.2) is 12.1 Å². The number of hydrogen-bond acceptors (Lipinski definition) is 6. The minimum atomic E-state index is -0.0609. The molecule has 0 amide bonds. The Labute approximate surface area is 92.5 Å². The van der Waals surface area contributed by atoms with E-state index in [4.69, 9.17) is 5.73 Å². The predicted octanol–water partition coefficient (Wildman–Crippen LogP) is 0.658. The molecule has 0 aliphatic carbocycles. The number of nitrogens with zero attached hydrogens (tertiary/aromatic N) is 4. The zero-order chi connectivity index (χ0) is 11.5. The highest BCUT2D eigenvalue weighted by molar-refractivity contribution is 5.49. The fourth-order valence-electron chi connectivity index (χ4n) is 1.29. The van der Waals surface area contributed by atoms with Crippen LogP contribution in [-0.4, -0.2) is 25.6 Å². The summed E-state index contributed by atoms with van der Waals surface area (Å²) in [6.07, 6.45) is 0. The van der Waals surface area contributed by atoms with Crippen molar-refractivity contribution >= 4 is 11.5 Å². The van der Waals surface area contributed by atoms with Crippen molar-refractivity contribution in [3.8, 4) is 0 Å². The average molecular weight is 219 g/mol. The SMILES string of the molecule is Cc1nc(NC(C)c2nn[nH]n2)ccc1N. The molecule has 0 aromatic carbocycles. The molecular formula is C9H13N7. The van der Waals surface area contributed by atoms with Gasteiger partial charge in [-0.2, -0.15) is 5.21 Å². The highest BCUT2D eigenvalue weighted by atomic mass is 15.5. The van der Waals surface area contributed by atoms with Crippen LogP contribution in [0.5, 0.6) is 0 Å². The van der Waals surface area contributed by atoms with Gasteiger partial charge in [0.25, 0.3) is 0 Å². The molecule has 2 aromatic rings. The van der Waals surface area contributed by atoms with Crippen molar-refractivity contribution in [3.05, 3.63) is 23.7 Å². The molecular weight excluding hydrogens is 206 g/mol.